The summed E-state index contributed by atoms with van der Waals surface area (Å²) in [7, 11) is 4.92. The van der Waals surface area contributed by atoms with Crippen LogP contribution < -0.4 is 9.47 Å². The average molecular weight is 387 g/mol. The van der Waals surface area contributed by atoms with Crippen molar-refractivity contribution in [1.29, 1.82) is 0 Å². The number of rotatable bonds is 3. The number of likely N-dealkylation sites (N-methyl/N-ethyl adjacent to an activating group) is 1. The smallest absolute Gasteiger partial charge is 0.308 e. The number of allylic oxidation sites excluding steroid dienone is 1. The van der Waals surface area contributed by atoms with Gasteiger partial charge in [0, 0.05) is 30.4 Å². The van der Waals surface area contributed by atoms with Crippen LogP contribution in [0.25, 0.3) is 0 Å². The number of Topliss-reactive ketones (excluding diaryl/α,β-unsaturated/α-hetero) is 1. The van der Waals surface area contributed by atoms with Gasteiger partial charge in [-0.15, -0.1) is 0 Å². The van der Waals surface area contributed by atoms with Crippen molar-refractivity contribution in [2.75, 3.05) is 27.8 Å². The Kier molecular flexibility index (Phi) is 4.28. The van der Waals surface area contributed by atoms with Crippen molar-refractivity contribution < 1.29 is 28.9 Å². The Labute approximate surface area is 163 Å². The zero-order valence-electron chi connectivity index (χ0n) is 16.6. The molecule has 4 rings (SSSR count). The predicted molar refractivity (Wildman–Crippen MR) is 100 cm³/mol. The van der Waals surface area contributed by atoms with Crippen molar-refractivity contribution in [2.45, 2.75) is 43.2 Å². The Morgan fingerprint density at radius 1 is 1.29 bits per heavy atom. The Hall–Kier alpha value is -2.38. The van der Waals surface area contributed by atoms with Crippen LogP contribution in [0, 0.1) is 0 Å². The molecule has 3 aliphatic rings. The molecule has 0 saturated carbocycles. The number of ether oxygens (including phenoxy) is 3. The first-order valence-electron chi connectivity index (χ1n) is 9.39. The largest absolute Gasteiger partial charge is 0.493 e. The molecule has 1 saturated heterocycles. The van der Waals surface area contributed by atoms with Crippen LogP contribution in [-0.2, 0) is 26.2 Å². The maximum absolute atomic E-state index is 12.8. The van der Waals surface area contributed by atoms with E-state index < -0.39 is 17.0 Å². The minimum Gasteiger partial charge on any atom is -0.493 e. The number of methoxy groups -OCH3 is 2. The van der Waals surface area contributed by atoms with Gasteiger partial charge in [0.2, 0.25) is 0 Å². The Morgan fingerprint density at radius 2 is 2.04 bits per heavy atom. The number of carbonyl (C=O) groups excluding carboxylic acids is 2. The molecule has 0 unspecified atom stereocenters. The van der Waals surface area contributed by atoms with E-state index in [1.807, 2.05) is 13.1 Å². The van der Waals surface area contributed by atoms with Crippen molar-refractivity contribution >= 4 is 11.8 Å². The lowest BCUT2D eigenvalue weighted by Crippen LogP contribution is -2.71. The Balaban J connectivity index is 2.05. The first-order valence-corrected chi connectivity index (χ1v) is 9.39. The maximum Gasteiger partial charge on any atom is 0.308 e. The van der Waals surface area contributed by atoms with E-state index >= 15 is 0 Å². The number of ketones is 1. The number of carbonyl (C=O) groups is 2. The van der Waals surface area contributed by atoms with E-state index in [9.17, 15) is 14.7 Å². The fraction of sp³-hybridized carbons (Fsp3) is 0.524. The molecule has 1 aromatic rings. The summed E-state index contributed by atoms with van der Waals surface area (Å²) in [5, 5.41) is 12.0. The van der Waals surface area contributed by atoms with E-state index in [1.165, 1.54) is 21.1 Å². The van der Waals surface area contributed by atoms with E-state index in [0.717, 1.165) is 5.56 Å². The lowest BCUT2D eigenvalue weighted by Gasteiger charge is -2.61. The minimum absolute atomic E-state index is 0.0853. The van der Waals surface area contributed by atoms with Gasteiger partial charge < -0.3 is 19.3 Å². The zero-order valence-corrected chi connectivity index (χ0v) is 16.6. The maximum atomic E-state index is 12.8. The molecule has 1 aliphatic heterocycles. The quantitative estimate of drug-likeness (QED) is 0.619. The van der Waals surface area contributed by atoms with Crippen LogP contribution in [0.4, 0.5) is 0 Å². The lowest BCUT2D eigenvalue weighted by atomic mass is 9.51. The number of aliphatic hydroxyl groups is 1. The van der Waals surface area contributed by atoms with Crippen LogP contribution in [0.15, 0.2) is 24.0 Å². The van der Waals surface area contributed by atoms with E-state index in [4.69, 9.17) is 14.2 Å². The summed E-state index contributed by atoms with van der Waals surface area (Å²) in [5.41, 5.74) is -0.571. The van der Waals surface area contributed by atoms with Crippen molar-refractivity contribution in [3.05, 3.63) is 35.1 Å². The molecule has 0 spiro atoms. The fourth-order valence-electron chi connectivity index (χ4n) is 5.30. The molecule has 28 heavy (non-hydrogen) atoms. The molecule has 1 N–H and O–H groups in total. The van der Waals surface area contributed by atoms with Crippen LogP contribution >= 0.6 is 0 Å². The highest BCUT2D eigenvalue weighted by molar-refractivity contribution is 5.97. The molecular weight excluding hydrogens is 362 g/mol. The minimum atomic E-state index is -1.33. The second-order valence-corrected chi connectivity index (χ2v) is 7.90. The molecule has 1 aromatic carbocycles. The summed E-state index contributed by atoms with van der Waals surface area (Å²) in [5.74, 6) is 0.253. The molecule has 150 valence electrons. The summed E-state index contributed by atoms with van der Waals surface area (Å²) in [6.07, 6.45) is 2.76. The third-order valence-corrected chi connectivity index (χ3v) is 6.57. The number of benzene rings is 1. The number of hydrogen-bond donors (Lipinski definition) is 1. The molecule has 1 heterocycles. The van der Waals surface area contributed by atoms with Crippen LogP contribution in [0.5, 0.6) is 11.5 Å². The van der Waals surface area contributed by atoms with Crippen LogP contribution in [0.2, 0.25) is 0 Å². The number of fused-ring (bicyclic) bond motifs is 1. The second-order valence-electron chi connectivity index (χ2n) is 7.90. The van der Waals surface area contributed by atoms with E-state index in [0.29, 0.717) is 36.4 Å². The van der Waals surface area contributed by atoms with Crippen LogP contribution in [0.1, 0.15) is 30.9 Å². The fourth-order valence-corrected chi connectivity index (χ4v) is 5.30. The zero-order chi connectivity index (χ0) is 20.3. The molecule has 2 aliphatic carbocycles. The molecule has 0 radical (unpaired) electrons. The molecule has 7 heteroatoms. The van der Waals surface area contributed by atoms with Gasteiger partial charge in [-0.05, 0) is 44.1 Å². The SMILES string of the molecule is COC1=C[C@]2(O)[C@@H]3Cc4ccc(OC)c(OC(C)=O)c4[C@]2(CCN3C)CC1=O. The van der Waals surface area contributed by atoms with Gasteiger partial charge in [0.25, 0.3) is 0 Å². The summed E-state index contributed by atoms with van der Waals surface area (Å²) < 4.78 is 16.3. The molecular formula is C21H25NO6. The van der Waals surface area contributed by atoms with Gasteiger partial charge in [0.1, 0.15) is 5.60 Å². The second kappa shape index (κ2) is 6.32. The van der Waals surface area contributed by atoms with Crippen molar-refractivity contribution in [3.8, 4) is 11.5 Å². The summed E-state index contributed by atoms with van der Waals surface area (Å²) in [6.45, 7) is 2.05. The van der Waals surface area contributed by atoms with Gasteiger partial charge in [-0.2, -0.15) is 0 Å². The van der Waals surface area contributed by atoms with Gasteiger partial charge in [0.05, 0.1) is 14.2 Å². The van der Waals surface area contributed by atoms with E-state index in [-0.39, 0.29) is 24.0 Å². The highest BCUT2D eigenvalue weighted by Gasteiger charge is 2.65. The molecule has 0 amide bonds. The normalized spacial score (nSPS) is 31.4. The molecule has 2 bridgehead atoms. The van der Waals surface area contributed by atoms with Crippen molar-refractivity contribution in [1.82, 2.24) is 4.90 Å². The molecule has 3 atom stereocenters. The van der Waals surface area contributed by atoms with E-state index in [2.05, 4.69) is 4.90 Å². The number of likely N-dealkylation sites (tertiary alicyclic amines) is 1. The van der Waals surface area contributed by atoms with Crippen molar-refractivity contribution in [3.63, 3.8) is 0 Å². The average Bonchev–Trinajstić information content (AvgIpc) is 2.64. The summed E-state index contributed by atoms with van der Waals surface area (Å²) in [4.78, 5) is 26.8. The first kappa shape index (κ1) is 19.0. The number of nitrogens with zero attached hydrogens (tertiary/aromatic N) is 1. The van der Waals surface area contributed by atoms with Gasteiger partial charge in [-0.3, -0.25) is 14.5 Å². The lowest BCUT2D eigenvalue weighted by molar-refractivity contribution is -0.141. The highest BCUT2D eigenvalue weighted by atomic mass is 16.6. The van der Waals surface area contributed by atoms with E-state index in [1.54, 1.807) is 12.1 Å². The molecule has 7 nitrogen and oxygen atoms in total. The Bertz CT molecular complexity index is 893. The summed E-state index contributed by atoms with van der Waals surface area (Å²) >= 11 is 0. The number of esters is 1. The Morgan fingerprint density at radius 3 is 2.68 bits per heavy atom. The van der Waals surface area contributed by atoms with Gasteiger partial charge in [0.15, 0.2) is 23.0 Å². The first-order chi connectivity index (χ1) is 13.3. The summed E-state index contributed by atoms with van der Waals surface area (Å²) in [6, 6.07) is 3.49. The highest BCUT2D eigenvalue weighted by Crippen LogP contribution is 2.59. The standard InChI is InChI=1S/C21H25NO6/c1-12(23)28-19-15(26-3)6-5-13-9-17-21(25)11-16(27-4)14(24)10-20(21,18(13)19)7-8-22(17)2/h5-6,11,17,25H,7-10H2,1-4H3/t17-,20-,21-/m0/s1. The third-order valence-electron chi connectivity index (χ3n) is 6.57. The van der Waals surface area contributed by atoms with Gasteiger partial charge in [-0.25, -0.2) is 0 Å². The van der Waals surface area contributed by atoms with Crippen molar-refractivity contribution in [2.24, 2.45) is 0 Å². The number of piperidine rings is 1. The number of hydrogen-bond acceptors (Lipinski definition) is 7. The molecule has 1 fully saturated rings. The monoisotopic (exact) mass is 387 g/mol. The topological polar surface area (TPSA) is 85.3 Å². The van der Waals surface area contributed by atoms with Crippen LogP contribution in [0.3, 0.4) is 0 Å². The van der Waals surface area contributed by atoms with Crippen LogP contribution in [-0.4, -0.2) is 61.2 Å². The molecule has 0 aromatic heterocycles. The van der Waals surface area contributed by atoms with Gasteiger partial charge in [-0.1, -0.05) is 6.07 Å². The third kappa shape index (κ3) is 2.36. The predicted octanol–water partition coefficient (Wildman–Crippen LogP) is 1.35. The van der Waals surface area contributed by atoms with Gasteiger partial charge >= 0.3 is 5.97 Å².